The minimum absolute atomic E-state index is 0.0145. The first-order valence-corrected chi connectivity index (χ1v) is 7.62. The molecule has 0 aliphatic rings. The van der Waals surface area contributed by atoms with E-state index in [9.17, 15) is 0 Å². The molecule has 0 saturated carbocycles. The van der Waals surface area contributed by atoms with E-state index in [1.165, 1.54) is 5.56 Å². The molecular formula is C19H25NO2. The highest BCUT2D eigenvalue weighted by Gasteiger charge is 2.13. The van der Waals surface area contributed by atoms with Crippen molar-refractivity contribution in [2.75, 3.05) is 6.61 Å². The fourth-order valence-electron chi connectivity index (χ4n) is 2.26. The molecule has 0 amide bonds. The normalized spacial score (nSPS) is 13.0. The highest BCUT2D eigenvalue weighted by molar-refractivity contribution is 5.36. The van der Waals surface area contributed by atoms with Crippen LogP contribution in [0.1, 0.15) is 31.9 Å². The lowest BCUT2D eigenvalue weighted by atomic mass is 9.87. The van der Waals surface area contributed by atoms with Gasteiger partial charge < -0.3 is 15.6 Å². The van der Waals surface area contributed by atoms with Crippen molar-refractivity contribution < 1.29 is 9.84 Å². The molecule has 2 rings (SSSR count). The molecule has 0 bridgehead atoms. The standard InChI is InChI=1S/C19H25NO2/c1-19(2,3)15-7-9-17(10-8-15)22-18-6-4-5-14(12-18)11-16(20)13-21/h4-10,12,16,21H,11,13,20H2,1-3H3. The number of hydrogen-bond acceptors (Lipinski definition) is 3. The maximum absolute atomic E-state index is 9.04. The highest BCUT2D eigenvalue weighted by atomic mass is 16.5. The molecule has 3 nitrogen and oxygen atoms in total. The first kappa shape index (κ1) is 16.5. The van der Waals surface area contributed by atoms with Crippen LogP contribution >= 0.6 is 0 Å². The summed E-state index contributed by atoms with van der Waals surface area (Å²) < 4.78 is 5.90. The largest absolute Gasteiger partial charge is 0.457 e. The zero-order valence-corrected chi connectivity index (χ0v) is 13.5. The van der Waals surface area contributed by atoms with E-state index < -0.39 is 0 Å². The second-order valence-electron chi connectivity index (χ2n) is 6.67. The smallest absolute Gasteiger partial charge is 0.127 e. The Kier molecular flexibility index (Phi) is 5.22. The molecule has 0 heterocycles. The van der Waals surface area contributed by atoms with Crippen LogP contribution in [0.2, 0.25) is 0 Å². The molecule has 2 aromatic carbocycles. The van der Waals surface area contributed by atoms with Crippen molar-refractivity contribution in [2.24, 2.45) is 5.73 Å². The summed E-state index contributed by atoms with van der Waals surface area (Å²) in [5.41, 5.74) is 8.25. The fourth-order valence-corrected chi connectivity index (χ4v) is 2.26. The monoisotopic (exact) mass is 299 g/mol. The van der Waals surface area contributed by atoms with Crippen LogP contribution < -0.4 is 10.5 Å². The molecule has 1 atom stereocenters. The summed E-state index contributed by atoms with van der Waals surface area (Å²) in [7, 11) is 0. The van der Waals surface area contributed by atoms with Gasteiger partial charge in [0.2, 0.25) is 0 Å². The van der Waals surface area contributed by atoms with Crippen LogP contribution in [-0.2, 0) is 11.8 Å². The highest BCUT2D eigenvalue weighted by Crippen LogP contribution is 2.27. The Morgan fingerprint density at radius 2 is 1.73 bits per heavy atom. The van der Waals surface area contributed by atoms with E-state index in [1.54, 1.807) is 0 Å². The van der Waals surface area contributed by atoms with Crippen molar-refractivity contribution in [3.8, 4) is 11.5 Å². The minimum Gasteiger partial charge on any atom is -0.457 e. The van der Waals surface area contributed by atoms with E-state index in [-0.39, 0.29) is 18.1 Å². The fraction of sp³-hybridized carbons (Fsp3) is 0.368. The lowest BCUT2D eigenvalue weighted by molar-refractivity contribution is 0.265. The number of hydrogen-bond donors (Lipinski definition) is 2. The molecule has 1 unspecified atom stereocenters. The van der Waals surface area contributed by atoms with Crippen LogP contribution in [0.3, 0.4) is 0 Å². The molecule has 0 spiro atoms. The molecule has 3 heteroatoms. The summed E-state index contributed by atoms with van der Waals surface area (Å²) >= 11 is 0. The molecule has 0 aromatic heterocycles. The topological polar surface area (TPSA) is 55.5 Å². The van der Waals surface area contributed by atoms with Gasteiger partial charge in [0.15, 0.2) is 0 Å². The molecule has 2 aromatic rings. The molecule has 0 aliphatic heterocycles. The zero-order chi connectivity index (χ0) is 16.2. The number of benzene rings is 2. The Morgan fingerprint density at radius 3 is 2.32 bits per heavy atom. The third kappa shape index (κ3) is 4.58. The SMILES string of the molecule is CC(C)(C)c1ccc(Oc2cccc(CC(N)CO)c2)cc1. The molecular weight excluding hydrogens is 274 g/mol. The summed E-state index contributed by atoms with van der Waals surface area (Å²) in [5, 5.41) is 9.04. The Hall–Kier alpha value is -1.84. The number of rotatable bonds is 5. The summed E-state index contributed by atoms with van der Waals surface area (Å²) in [6, 6.07) is 15.8. The van der Waals surface area contributed by atoms with Gasteiger partial charge in [-0.3, -0.25) is 0 Å². The molecule has 22 heavy (non-hydrogen) atoms. The van der Waals surface area contributed by atoms with Gasteiger partial charge in [-0.15, -0.1) is 0 Å². The maximum atomic E-state index is 9.04. The molecule has 3 N–H and O–H groups in total. The molecule has 0 radical (unpaired) electrons. The molecule has 0 fully saturated rings. The van der Waals surface area contributed by atoms with Gasteiger partial charge in [0.05, 0.1) is 6.61 Å². The van der Waals surface area contributed by atoms with Crippen molar-refractivity contribution in [2.45, 2.75) is 38.6 Å². The Labute approximate surface area is 132 Å². The minimum atomic E-state index is -0.235. The third-order valence-corrected chi connectivity index (χ3v) is 3.59. The average Bonchev–Trinajstić information content (AvgIpc) is 2.47. The van der Waals surface area contributed by atoms with Crippen LogP contribution in [0.4, 0.5) is 0 Å². The van der Waals surface area contributed by atoms with Gasteiger partial charge in [-0.05, 0) is 47.2 Å². The number of aliphatic hydroxyl groups is 1. The van der Waals surface area contributed by atoms with Crippen LogP contribution in [0.5, 0.6) is 11.5 Å². The molecule has 0 aliphatic carbocycles. The van der Waals surface area contributed by atoms with Crippen molar-refractivity contribution in [3.63, 3.8) is 0 Å². The quantitative estimate of drug-likeness (QED) is 0.886. The zero-order valence-electron chi connectivity index (χ0n) is 13.5. The predicted octanol–water partition coefficient (Wildman–Crippen LogP) is 3.64. The van der Waals surface area contributed by atoms with Crippen LogP contribution in [0.25, 0.3) is 0 Å². The van der Waals surface area contributed by atoms with Crippen molar-refractivity contribution in [1.82, 2.24) is 0 Å². The number of nitrogens with two attached hydrogens (primary N) is 1. The van der Waals surface area contributed by atoms with E-state index in [1.807, 2.05) is 36.4 Å². The van der Waals surface area contributed by atoms with Crippen LogP contribution in [-0.4, -0.2) is 17.8 Å². The number of ether oxygens (including phenoxy) is 1. The molecule has 118 valence electrons. The van der Waals surface area contributed by atoms with E-state index in [4.69, 9.17) is 15.6 Å². The lowest BCUT2D eigenvalue weighted by Crippen LogP contribution is -2.26. The second kappa shape index (κ2) is 6.95. The van der Waals surface area contributed by atoms with E-state index in [0.717, 1.165) is 17.1 Å². The summed E-state index contributed by atoms with van der Waals surface area (Å²) in [6.07, 6.45) is 0.636. The Bertz CT molecular complexity index is 600. The van der Waals surface area contributed by atoms with Gasteiger partial charge in [0.1, 0.15) is 11.5 Å². The van der Waals surface area contributed by atoms with Crippen molar-refractivity contribution >= 4 is 0 Å². The predicted molar refractivity (Wildman–Crippen MR) is 90.4 cm³/mol. The Balaban J connectivity index is 2.09. The summed E-state index contributed by atoms with van der Waals surface area (Å²) in [6.45, 7) is 6.56. The average molecular weight is 299 g/mol. The van der Waals surface area contributed by atoms with Crippen molar-refractivity contribution in [3.05, 3.63) is 59.7 Å². The van der Waals surface area contributed by atoms with E-state index >= 15 is 0 Å². The Morgan fingerprint density at radius 1 is 1.05 bits per heavy atom. The maximum Gasteiger partial charge on any atom is 0.127 e. The van der Waals surface area contributed by atoms with E-state index in [0.29, 0.717) is 6.42 Å². The van der Waals surface area contributed by atoms with E-state index in [2.05, 4.69) is 32.9 Å². The van der Waals surface area contributed by atoms with Crippen molar-refractivity contribution in [1.29, 1.82) is 0 Å². The summed E-state index contributed by atoms with van der Waals surface area (Å²) in [4.78, 5) is 0. The van der Waals surface area contributed by atoms with Gasteiger partial charge in [-0.25, -0.2) is 0 Å². The summed E-state index contributed by atoms with van der Waals surface area (Å²) in [5.74, 6) is 1.60. The van der Waals surface area contributed by atoms with Crippen LogP contribution in [0.15, 0.2) is 48.5 Å². The van der Waals surface area contributed by atoms with Gasteiger partial charge >= 0.3 is 0 Å². The third-order valence-electron chi connectivity index (χ3n) is 3.59. The van der Waals surface area contributed by atoms with Gasteiger partial charge in [-0.2, -0.15) is 0 Å². The molecule has 0 saturated heterocycles. The second-order valence-corrected chi connectivity index (χ2v) is 6.67. The first-order valence-electron chi connectivity index (χ1n) is 7.62. The van der Waals surface area contributed by atoms with Crippen LogP contribution in [0, 0.1) is 0 Å². The first-order chi connectivity index (χ1) is 10.4. The van der Waals surface area contributed by atoms with Gasteiger partial charge in [-0.1, -0.05) is 45.0 Å². The van der Waals surface area contributed by atoms with Gasteiger partial charge in [0, 0.05) is 6.04 Å². The number of aliphatic hydroxyl groups excluding tert-OH is 1. The van der Waals surface area contributed by atoms with Gasteiger partial charge in [0.25, 0.3) is 0 Å². The lowest BCUT2D eigenvalue weighted by Gasteiger charge is -2.19.